The van der Waals surface area contributed by atoms with Crippen LogP contribution >= 0.6 is 15.9 Å². The predicted octanol–water partition coefficient (Wildman–Crippen LogP) is 3.64. The Morgan fingerprint density at radius 1 is 1.29 bits per heavy atom. The zero-order chi connectivity index (χ0) is 10.4. The van der Waals surface area contributed by atoms with Crippen LogP contribution in [0.1, 0.15) is 25.8 Å². The Hall–Kier alpha value is -0.810. The molecule has 0 N–H and O–H groups in total. The maximum atomic E-state index is 9.25. The molecule has 1 fully saturated rings. The standard InChI is InChI=1S/C12H12BrN/c1-11(2)7-12(11,8-14)9-3-5-10(13)6-4-9/h3-6H,7H2,1-2H3. The van der Waals surface area contributed by atoms with Gasteiger partial charge in [-0.15, -0.1) is 0 Å². The van der Waals surface area contributed by atoms with E-state index in [0.717, 1.165) is 16.5 Å². The average Bonchev–Trinajstić information content (AvgIpc) is 2.71. The van der Waals surface area contributed by atoms with Crippen LogP contribution in [0.2, 0.25) is 0 Å². The van der Waals surface area contributed by atoms with Gasteiger partial charge in [-0.05, 0) is 29.5 Å². The monoisotopic (exact) mass is 249 g/mol. The lowest BCUT2D eigenvalue weighted by Gasteiger charge is -2.12. The van der Waals surface area contributed by atoms with Crippen molar-refractivity contribution in [2.75, 3.05) is 0 Å². The molecule has 0 amide bonds. The minimum atomic E-state index is -0.242. The molecule has 0 spiro atoms. The molecule has 0 aromatic heterocycles. The van der Waals surface area contributed by atoms with Crippen molar-refractivity contribution in [3.05, 3.63) is 34.3 Å². The van der Waals surface area contributed by atoms with Gasteiger partial charge in [0.15, 0.2) is 0 Å². The van der Waals surface area contributed by atoms with Crippen LogP contribution in [0.4, 0.5) is 0 Å². The Balaban J connectivity index is 2.42. The molecule has 0 saturated heterocycles. The van der Waals surface area contributed by atoms with Crippen molar-refractivity contribution in [3.8, 4) is 6.07 Å². The first-order valence-corrected chi connectivity index (χ1v) is 5.48. The van der Waals surface area contributed by atoms with Crippen LogP contribution in [0.15, 0.2) is 28.7 Å². The summed E-state index contributed by atoms with van der Waals surface area (Å²) in [5, 5.41) is 9.25. The summed E-state index contributed by atoms with van der Waals surface area (Å²) in [4.78, 5) is 0. The van der Waals surface area contributed by atoms with E-state index in [9.17, 15) is 5.26 Å². The number of hydrogen-bond donors (Lipinski definition) is 0. The Morgan fingerprint density at radius 2 is 1.79 bits per heavy atom. The molecular formula is C12H12BrN. The van der Waals surface area contributed by atoms with Crippen molar-refractivity contribution in [2.45, 2.75) is 25.7 Å². The molecule has 14 heavy (non-hydrogen) atoms. The molecule has 0 bridgehead atoms. The van der Waals surface area contributed by atoms with Gasteiger partial charge in [0.2, 0.25) is 0 Å². The molecule has 0 aliphatic heterocycles. The first-order valence-electron chi connectivity index (χ1n) is 4.69. The first-order chi connectivity index (χ1) is 6.52. The van der Waals surface area contributed by atoms with Gasteiger partial charge in [0.05, 0.1) is 11.5 Å². The van der Waals surface area contributed by atoms with Crippen LogP contribution in [-0.4, -0.2) is 0 Å². The second-order valence-corrected chi connectivity index (χ2v) is 5.50. The maximum Gasteiger partial charge on any atom is 0.0879 e. The fourth-order valence-electron chi connectivity index (χ4n) is 2.10. The Bertz CT molecular complexity index is 399. The molecule has 1 aromatic carbocycles. The highest BCUT2D eigenvalue weighted by Crippen LogP contribution is 2.63. The lowest BCUT2D eigenvalue weighted by atomic mass is 9.89. The summed E-state index contributed by atoms with van der Waals surface area (Å²) in [7, 11) is 0. The van der Waals surface area contributed by atoms with E-state index in [4.69, 9.17) is 0 Å². The minimum Gasteiger partial charge on any atom is -0.197 e. The van der Waals surface area contributed by atoms with Gasteiger partial charge < -0.3 is 0 Å². The highest BCUT2D eigenvalue weighted by atomic mass is 79.9. The van der Waals surface area contributed by atoms with Crippen LogP contribution in [0, 0.1) is 16.7 Å². The van der Waals surface area contributed by atoms with Crippen LogP contribution in [0.3, 0.4) is 0 Å². The van der Waals surface area contributed by atoms with Gasteiger partial charge in [-0.3, -0.25) is 0 Å². The largest absolute Gasteiger partial charge is 0.197 e. The number of nitrogens with zero attached hydrogens (tertiary/aromatic N) is 1. The van der Waals surface area contributed by atoms with Crippen LogP contribution in [0.25, 0.3) is 0 Å². The summed E-state index contributed by atoms with van der Waals surface area (Å²) < 4.78 is 1.06. The fourth-order valence-corrected chi connectivity index (χ4v) is 2.37. The highest BCUT2D eigenvalue weighted by molar-refractivity contribution is 9.10. The molecule has 1 nitrogen and oxygen atoms in total. The van der Waals surface area contributed by atoms with Crippen molar-refractivity contribution in [3.63, 3.8) is 0 Å². The molecular weight excluding hydrogens is 238 g/mol. The highest BCUT2D eigenvalue weighted by Gasteiger charge is 2.62. The van der Waals surface area contributed by atoms with Crippen molar-refractivity contribution >= 4 is 15.9 Å². The van der Waals surface area contributed by atoms with Crippen LogP contribution in [-0.2, 0) is 5.41 Å². The quantitative estimate of drug-likeness (QED) is 0.746. The van der Waals surface area contributed by atoms with E-state index in [-0.39, 0.29) is 10.8 Å². The van der Waals surface area contributed by atoms with E-state index in [1.807, 2.05) is 24.3 Å². The van der Waals surface area contributed by atoms with Crippen LogP contribution < -0.4 is 0 Å². The van der Waals surface area contributed by atoms with Gasteiger partial charge in [0.1, 0.15) is 0 Å². The van der Waals surface area contributed by atoms with Gasteiger partial charge in [-0.1, -0.05) is 41.9 Å². The van der Waals surface area contributed by atoms with E-state index < -0.39 is 0 Å². The average molecular weight is 250 g/mol. The maximum absolute atomic E-state index is 9.25. The molecule has 1 aliphatic rings. The molecule has 0 heterocycles. The van der Waals surface area contributed by atoms with E-state index in [2.05, 4.69) is 35.8 Å². The topological polar surface area (TPSA) is 23.8 Å². The van der Waals surface area contributed by atoms with Gasteiger partial charge in [0, 0.05) is 4.47 Å². The molecule has 1 unspecified atom stereocenters. The summed E-state index contributed by atoms with van der Waals surface area (Å²) in [5.41, 5.74) is 1.04. The van der Waals surface area contributed by atoms with Crippen molar-refractivity contribution in [1.29, 1.82) is 5.26 Å². The van der Waals surface area contributed by atoms with Crippen molar-refractivity contribution < 1.29 is 0 Å². The molecule has 1 aliphatic carbocycles. The van der Waals surface area contributed by atoms with Crippen LogP contribution in [0.5, 0.6) is 0 Å². The Morgan fingerprint density at radius 3 is 2.14 bits per heavy atom. The van der Waals surface area contributed by atoms with Gasteiger partial charge in [-0.25, -0.2) is 0 Å². The number of halogens is 1. The second kappa shape index (κ2) is 2.84. The lowest BCUT2D eigenvalue weighted by molar-refractivity contribution is 0.570. The molecule has 72 valence electrons. The van der Waals surface area contributed by atoms with Gasteiger partial charge in [0.25, 0.3) is 0 Å². The summed E-state index contributed by atoms with van der Waals surface area (Å²) in [6.07, 6.45) is 0.970. The van der Waals surface area contributed by atoms with E-state index >= 15 is 0 Å². The minimum absolute atomic E-state index is 0.135. The van der Waals surface area contributed by atoms with E-state index in [0.29, 0.717) is 0 Å². The lowest BCUT2D eigenvalue weighted by Crippen LogP contribution is -2.11. The summed E-state index contributed by atoms with van der Waals surface area (Å²) >= 11 is 3.40. The molecule has 2 heteroatoms. The zero-order valence-electron chi connectivity index (χ0n) is 8.34. The van der Waals surface area contributed by atoms with Gasteiger partial charge >= 0.3 is 0 Å². The molecule has 2 rings (SSSR count). The second-order valence-electron chi connectivity index (χ2n) is 4.58. The predicted molar refractivity (Wildman–Crippen MR) is 59.8 cm³/mol. The molecule has 1 saturated carbocycles. The molecule has 0 radical (unpaired) electrons. The number of rotatable bonds is 1. The third kappa shape index (κ3) is 1.19. The molecule has 1 aromatic rings. The van der Waals surface area contributed by atoms with E-state index in [1.165, 1.54) is 0 Å². The smallest absolute Gasteiger partial charge is 0.0879 e. The third-order valence-electron chi connectivity index (χ3n) is 3.27. The normalized spacial score (nSPS) is 28.1. The molecule has 1 atom stereocenters. The Kier molecular flexibility index (Phi) is 1.97. The summed E-state index contributed by atoms with van der Waals surface area (Å²) in [5.74, 6) is 0. The third-order valence-corrected chi connectivity index (χ3v) is 3.79. The van der Waals surface area contributed by atoms with Gasteiger partial charge in [-0.2, -0.15) is 5.26 Å². The number of benzene rings is 1. The number of nitriles is 1. The number of hydrogen-bond acceptors (Lipinski definition) is 1. The van der Waals surface area contributed by atoms with Crippen molar-refractivity contribution in [1.82, 2.24) is 0 Å². The Labute approximate surface area is 92.9 Å². The first kappa shape index (κ1) is 9.73. The summed E-state index contributed by atoms with van der Waals surface area (Å²) in [6, 6.07) is 10.6. The SMILES string of the molecule is CC1(C)CC1(C#N)c1ccc(Br)cc1. The van der Waals surface area contributed by atoms with Crippen molar-refractivity contribution in [2.24, 2.45) is 5.41 Å². The summed E-state index contributed by atoms with van der Waals surface area (Å²) in [6.45, 7) is 4.30. The zero-order valence-corrected chi connectivity index (χ0v) is 9.93. The fraction of sp³-hybridized carbons (Fsp3) is 0.417. The van der Waals surface area contributed by atoms with E-state index in [1.54, 1.807) is 0 Å².